The van der Waals surface area contributed by atoms with E-state index in [0.29, 0.717) is 10.9 Å². The van der Waals surface area contributed by atoms with Crippen LogP contribution in [0.5, 0.6) is 0 Å². The summed E-state index contributed by atoms with van der Waals surface area (Å²) in [5.74, 6) is -0.395. The Kier molecular flexibility index (Phi) is 5.36. The molecule has 0 saturated heterocycles. The molecule has 1 heterocycles. The number of rotatable bonds is 4. The van der Waals surface area contributed by atoms with Gasteiger partial charge < -0.3 is 4.74 Å². The van der Waals surface area contributed by atoms with Gasteiger partial charge in [0, 0.05) is 17.1 Å². The third-order valence-electron chi connectivity index (χ3n) is 5.38. The van der Waals surface area contributed by atoms with E-state index in [1.165, 1.54) is 6.07 Å². The predicted molar refractivity (Wildman–Crippen MR) is 124 cm³/mol. The van der Waals surface area contributed by atoms with Crippen molar-refractivity contribution in [2.24, 2.45) is 0 Å². The first-order valence-corrected chi connectivity index (χ1v) is 10.4. The van der Waals surface area contributed by atoms with E-state index in [9.17, 15) is 9.18 Å². The summed E-state index contributed by atoms with van der Waals surface area (Å²) >= 11 is 0. The zero-order valence-electron chi connectivity index (χ0n) is 18.5. The molecule has 1 atom stereocenters. The van der Waals surface area contributed by atoms with Crippen LogP contribution in [0.15, 0.2) is 60.8 Å². The van der Waals surface area contributed by atoms with Crippen LogP contribution >= 0.6 is 0 Å². The maximum Gasteiger partial charge on any atom is 0.163 e. The number of benzene rings is 3. The summed E-state index contributed by atoms with van der Waals surface area (Å²) < 4.78 is 20.8. The molecule has 0 fully saturated rings. The minimum atomic E-state index is -0.747. The number of aromatic nitrogens is 1. The number of halogens is 1. The van der Waals surface area contributed by atoms with E-state index in [4.69, 9.17) is 4.74 Å². The van der Waals surface area contributed by atoms with Crippen LogP contribution < -0.4 is 0 Å². The third kappa shape index (κ3) is 3.96. The number of aryl methyl sites for hydroxylation is 1. The molecule has 31 heavy (non-hydrogen) atoms. The van der Waals surface area contributed by atoms with Gasteiger partial charge in [0.25, 0.3) is 0 Å². The Bertz CT molecular complexity index is 1300. The molecule has 0 spiro atoms. The number of pyridine rings is 1. The van der Waals surface area contributed by atoms with E-state index >= 15 is 0 Å². The molecule has 0 amide bonds. The number of carbonyl (C=O) groups excluding carboxylic acids is 1. The van der Waals surface area contributed by atoms with Gasteiger partial charge in [-0.25, -0.2) is 4.39 Å². The standard InChI is InChI=1S/C27H26FNO2/c1-16-15-18-9-6-7-10-19(18)24(23(16)26(17(2)30)31-27(3,4)5)21-12-13-22(28)20-11-8-14-29-25(20)21/h6-15,26H,1-5H3/t26-/m1/s1. The Hall–Kier alpha value is -3.11. The lowest BCUT2D eigenvalue weighted by atomic mass is 9.85. The molecule has 0 radical (unpaired) electrons. The van der Waals surface area contributed by atoms with Crippen LogP contribution in [0.1, 0.15) is 44.9 Å². The highest BCUT2D eigenvalue weighted by Crippen LogP contribution is 2.42. The number of fused-ring (bicyclic) bond motifs is 2. The van der Waals surface area contributed by atoms with Crippen molar-refractivity contribution < 1.29 is 13.9 Å². The SMILES string of the molecule is CC(=O)[C@@H](OC(C)(C)C)c1c(C)cc2ccccc2c1-c1ccc(F)c2cccnc12. The smallest absolute Gasteiger partial charge is 0.163 e. The van der Waals surface area contributed by atoms with E-state index in [2.05, 4.69) is 11.1 Å². The average Bonchev–Trinajstić information content (AvgIpc) is 2.71. The maximum absolute atomic E-state index is 14.6. The normalized spacial score (nSPS) is 13.0. The molecule has 0 unspecified atom stereocenters. The largest absolute Gasteiger partial charge is 0.360 e. The van der Waals surface area contributed by atoms with Crippen LogP contribution in [0, 0.1) is 12.7 Å². The monoisotopic (exact) mass is 415 g/mol. The van der Waals surface area contributed by atoms with E-state index < -0.39 is 11.7 Å². The van der Waals surface area contributed by atoms with Crippen LogP contribution in [-0.4, -0.2) is 16.4 Å². The lowest BCUT2D eigenvalue weighted by Gasteiger charge is -2.29. The van der Waals surface area contributed by atoms with Gasteiger partial charge in [0.2, 0.25) is 0 Å². The minimum absolute atomic E-state index is 0.0751. The predicted octanol–water partition coefficient (Wildman–Crippen LogP) is 6.95. The first-order chi connectivity index (χ1) is 14.7. The van der Waals surface area contributed by atoms with Crippen molar-refractivity contribution in [2.75, 3.05) is 0 Å². The van der Waals surface area contributed by atoms with Crippen LogP contribution in [0.25, 0.3) is 32.8 Å². The first-order valence-electron chi connectivity index (χ1n) is 10.4. The molecule has 3 aromatic carbocycles. The Morgan fingerprint density at radius 1 is 1.03 bits per heavy atom. The topological polar surface area (TPSA) is 39.2 Å². The molecule has 4 heteroatoms. The van der Waals surface area contributed by atoms with Gasteiger partial charge in [-0.1, -0.05) is 30.3 Å². The van der Waals surface area contributed by atoms with Gasteiger partial charge >= 0.3 is 0 Å². The van der Waals surface area contributed by atoms with E-state index in [1.54, 1.807) is 31.3 Å². The molecule has 0 saturated carbocycles. The second-order valence-electron chi connectivity index (χ2n) is 8.92. The fraction of sp³-hybridized carbons (Fsp3) is 0.259. The lowest BCUT2D eigenvalue weighted by molar-refractivity contribution is -0.138. The molecule has 4 aromatic rings. The van der Waals surface area contributed by atoms with Crippen molar-refractivity contribution in [3.63, 3.8) is 0 Å². The molecule has 3 nitrogen and oxygen atoms in total. The van der Waals surface area contributed by atoms with Crippen molar-refractivity contribution in [1.82, 2.24) is 4.98 Å². The minimum Gasteiger partial charge on any atom is -0.360 e. The molecule has 158 valence electrons. The molecule has 0 aliphatic rings. The fourth-order valence-corrected chi connectivity index (χ4v) is 4.17. The number of Topliss-reactive ketones (excluding diaryl/α,β-unsaturated/α-hetero) is 1. The fourth-order valence-electron chi connectivity index (χ4n) is 4.17. The number of ether oxygens (including phenoxy) is 1. The maximum atomic E-state index is 14.6. The zero-order chi connectivity index (χ0) is 22.3. The van der Waals surface area contributed by atoms with Gasteiger partial charge in [-0.2, -0.15) is 0 Å². The van der Waals surface area contributed by atoms with Crippen molar-refractivity contribution in [3.8, 4) is 11.1 Å². The van der Waals surface area contributed by atoms with Crippen molar-refractivity contribution >= 4 is 27.5 Å². The highest BCUT2D eigenvalue weighted by molar-refractivity contribution is 6.07. The van der Waals surface area contributed by atoms with Gasteiger partial charge in [-0.3, -0.25) is 9.78 Å². The Labute approximate surface area is 181 Å². The Morgan fingerprint density at radius 3 is 2.45 bits per heavy atom. The second-order valence-corrected chi connectivity index (χ2v) is 8.92. The molecule has 0 aliphatic carbocycles. The second kappa shape index (κ2) is 7.86. The van der Waals surface area contributed by atoms with Crippen molar-refractivity contribution in [1.29, 1.82) is 0 Å². The molecule has 4 rings (SSSR count). The van der Waals surface area contributed by atoms with Gasteiger partial charge in [0.15, 0.2) is 5.78 Å². The Balaban J connectivity index is 2.15. The molecule has 1 aromatic heterocycles. The van der Waals surface area contributed by atoms with Gasteiger partial charge in [0.1, 0.15) is 11.9 Å². The summed E-state index contributed by atoms with van der Waals surface area (Å²) in [6, 6.07) is 16.8. The van der Waals surface area contributed by atoms with E-state index in [0.717, 1.165) is 33.0 Å². The molecule has 0 aliphatic heterocycles. The van der Waals surface area contributed by atoms with Crippen LogP contribution in [0.3, 0.4) is 0 Å². The number of ketones is 1. The number of hydrogen-bond acceptors (Lipinski definition) is 3. The Morgan fingerprint density at radius 2 is 1.74 bits per heavy atom. The molecular formula is C27H26FNO2. The number of hydrogen-bond donors (Lipinski definition) is 0. The average molecular weight is 416 g/mol. The van der Waals surface area contributed by atoms with Crippen molar-refractivity contribution in [3.05, 3.63) is 77.7 Å². The number of carbonyl (C=O) groups is 1. The third-order valence-corrected chi connectivity index (χ3v) is 5.38. The van der Waals surface area contributed by atoms with Crippen LogP contribution in [0.4, 0.5) is 4.39 Å². The van der Waals surface area contributed by atoms with Gasteiger partial charge in [-0.15, -0.1) is 0 Å². The summed E-state index contributed by atoms with van der Waals surface area (Å²) in [6.45, 7) is 9.36. The quantitative estimate of drug-likeness (QED) is 0.362. The summed E-state index contributed by atoms with van der Waals surface area (Å²) in [5.41, 5.74) is 3.46. The van der Waals surface area contributed by atoms with Crippen LogP contribution in [0.2, 0.25) is 0 Å². The van der Waals surface area contributed by atoms with E-state index in [-0.39, 0.29) is 11.6 Å². The lowest BCUT2D eigenvalue weighted by Crippen LogP contribution is -2.27. The van der Waals surface area contributed by atoms with Gasteiger partial charge in [-0.05, 0) is 86.3 Å². The summed E-state index contributed by atoms with van der Waals surface area (Å²) in [4.78, 5) is 17.3. The highest BCUT2D eigenvalue weighted by atomic mass is 19.1. The number of nitrogens with zero attached hydrogens (tertiary/aromatic N) is 1. The summed E-state index contributed by atoms with van der Waals surface area (Å²) in [6.07, 6.45) is 0.917. The van der Waals surface area contributed by atoms with Crippen LogP contribution in [-0.2, 0) is 9.53 Å². The molecular weight excluding hydrogens is 389 g/mol. The molecule has 0 bridgehead atoms. The highest BCUT2D eigenvalue weighted by Gasteiger charge is 2.30. The van der Waals surface area contributed by atoms with Gasteiger partial charge in [0.05, 0.1) is 11.1 Å². The van der Waals surface area contributed by atoms with Crippen molar-refractivity contribution in [2.45, 2.75) is 46.3 Å². The van der Waals surface area contributed by atoms with E-state index in [1.807, 2.05) is 52.0 Å². The molecule has 0 N–H and O–H groups in total. The zero-order valence-corrected chi connectivity index (χ0v) is 18.5. The summed E-state index contributed by atoms with van der Waals surface area (Å²) in [7, 11) is 0. The first kappa shape index (κ1) is 21.1. The summed E-state index contributed by atoms with van der Waals surface area (Å²) in [5, 5.41) is 2.48.